The summed E-state index contributed by atoms with van der Waals surface area (Å²) >= 11 is 3.40. The van der Waals surface area contributed by atoms with E-state index in [1.54, 1.807) is 13.0 Å². The van der Waals surface area contributed by atoms with E-state index in [-0.39, 0.29) is 10.7 Å². The summed E-state index contributed by atoms with van der Waals surface area (Å²) in [6, 6.07) is 0. The lowest BCUT2D eigenvalue weighted by atomic mass is 10.1. The minimum Gasteiger partial charge on any atom is -0.267 e. The fourth-order valence-corrected chi connectivity index (χ4v) is 1.63. The number of amidine groups is 2. The predicted octanol–water partition coefficient (Wildman–Crippen LogP) is 1.51. The van der Waals surface area contributed by atoms with Crippen LogP contribution in [0.1, 0.15) is 13.8 Å². The Hall–Kier alpha value is -1.10. The van der Waals surface area contributed by atoms with Crippen LogP contribution in [0.3, 0.4) is 0 Å². The summed E-state index contributed by atoms with van der Waals surface area (Å²) in [6.07, 6.45) is 1.79. The smallest absolute Gasteiger partial charge is 0.267 e. The van der Waals surface area contributed by atoms with Gasteiger partial charge in [-0.1, -0.05) is 15.9 Å². The third-order valence-corrected chi connectivity index (χ3v) is 2.92. The molecular formula is C9H8BrN3O. The molecule has 0 aliphatic carbocycles. The van der Waals surface area contributed by atoms with Gasteiger partial charge in [-0.25, -0.2) is 9.98 Å². The Morgan fingerprint density at radius 3 is 2.71 bits per heavy atom. The molecule has 72 valence electrons. The van der Waals surface area contributed by atoms with Gasteiger partial charge in [-0.2, -0.15) is 4.99 Å². The first kappa shape index (κ1) is 9.45. The molecule has 1 atom stereocenters. The van der Waals surface area contributed by atoms with Crippen LogP contribution in [0.4, 0.5) is 0 Å². The van der Waals surface area contributed by atoms with Gasteiger partial charge in [0.2, 0.25) is 0 Å². The largest absolute Gasteiger partial charge is 0.282 e. The van der Waals surface area contributed by atoms with Gasteiger partial charge >= 0.3 is 0 Å². The highest BCUT2D eigenvalue weighted by Crippen LogP contribution is 2.19. The molecule has 0 saturated heterocycles. The van der Waals surface area contributed by atoms with Crippen molar-refractivity contribution in [2.45, 2.75) is 18.7 Å². The monoisotopic (exact) mass is 253 g/mol. The van der Waals surface area contributed by atoms with Gasteiger partial charge in [0.05, 0.1) is 10.4 Å². The first-order chi connectivity index (χ1) is 6.58. The van der Waals surface area contributed by atoms with Crippen molar-refractivity contribution in [1.29, 1.82) is 0 Å². The number of carbonyl (C=O) groups is 1. The molecule has 2 aliphatic heterocycles. The van der Waals surface area contributed by atoms with Crippen LogP contribution in [-0.2, 0) is 4.79 Å². The van der Waals surface area contributed by atoms with Gasteiger partial charge < -0.3 is 0 Å². The van der Waals surface area contributed by atoms with Crippen LogP contribution in [0.2, 0.25) is 0 Å². The molecule has 2 rings (SSSR count). The highest BCUT2D eigenvalue weighted by molar-refractivity contribution is 9.10. The first-order valence-electron chi connectivity index (χ1n) is 4.17. The lowest BCUT2D eigenvalue weighted by Crippen LogP contribution is -2.25. The van der Waals surface area contributed by atoms with E-state index in [1.807, 2.05) is 6.92 Å². The topological polar surface area (TPSA) is 54.1 Å². The van der Waals surface area contributed by atoms with E-state index in [4.69, 9.17) is 0 Å². The Bertz CT molecular complexity index is 431. The third kappa shape index (κ3) is 1.48. The van der Waals surface area contributed by atoms with Crippen molar-refractivity contribution in [3.63, 3.8) is 0 Å². The molecule has 0 radical (unpaired) electrons. The van der Waals surface area contributed by atoms with Gasteiger partial charge in [0.25, 0.3) is 5.91 Å². The zero-order valence-electron chi connectivity index (χ0n) is 7.78. The number of allylic oxidation sites excluding steroid dienone is 1. The summed E-state index contributed by atoms with van der Waals surface area (Å²) in [5.41, 5.74) is 1.39. The van der Waals surface area contributed by atoms with Crippen molar-refractivity contribution in [2.24, 2.45) is 15.0 Å². The number of alkyl halides is 1. The summed E-state index contributed by atoms with van der Waals surface area (Å²) in [6.45, 7) is 3.58. The molecule has 0 saturated carbocycles. The Balaban J connectivity index is 2.51. The lowest BCUT2D eigenvalue weighted by Gasteiger charge is -2.17. The number of aliphatic imine (C=N–C) groups is 3. The maximum Gasteiger partial charge on any atom is 0.282 e. The van der Waals surface area contributed by atoms with Crippen LogP contribution in [-0.4, -0.2) is 28.1 Å². The second-order valence-corrected chi connectivity index (χ2v) is 4.12. The summed E-state index contributed by atoms with van der Waals surface area (Å²) in [4.78, 5) is 23.6. The molecule has 0 N–H and O–H groups in total. The molecule has 0 aromatic carbocycles. The Labute approximate surface area is 89.7 Å². The molecule has 2 aliphatic rings. The summed E-state index contributed by atoms with van der Waals surface area (Å²) < 4.78 is 0. The predicted molar refractivity (Wildman–Crippen MR) is 59.5 cm³/mol. The van der Waals surface area contributed by atoms with Gasteiger partial charge in [0.15, 0.2) is 5.84 Å². The summed E-state index contributed by atoms with van der Waals surface area (Å²) in [7, 11) is 0. The summed E-state index contributed by atoms with van der Waals surface area (Å²) in [5, 5.41) is 0. The molecule has 1 unspecified atom stereocenters. The van der Waals surface area contributed by atoms with Crippen LogP contribution in [0.25, 0.3) is 0 Å². The molecule has 4 nitrogen and oxygen atoms in total. The number of amides is 1. The number of hydrogen-bond donors (Lipinski definition) is 0. The van der Waals surface area contributed by atoms with Crippen molar-refractivity contribution in [3.05, 3.63) is 11.6 Å². The fourth-order valence-electron chi connectivity index (χ4n) is 1.27. The van der Waals surface area contributed by atoms with E-state index in [2.05, 4.69) is 30.9 Å². The number of dihydropyridines is 1. The quantitative estimate of drug-likeness (QED) is 0.604. The standard InChI is InChI=1S/C9H8BrN3O/c1-4-7(10)3-6-8(11-4)12-5(2)13-9(6)14/h3,7H,1-2H3. The zero-order valence-corrected chi connectivity index (χ0v) is 9.37. The van der Waals surface area contributed by atoms with Gasteiger partial charge in [-0.3, -0.25) is 4.79 Å². The van der Waals surface area contributed by atoms with Crippen molar-refractivity contribution in [3.8, 4) is 0 Å². The third-order valence-electron chi connectivity index (χ3n) is 2.00. The van der Waals surface area contributed by atoms with Crippen LogP contribution in [0.15, 0.2) is 26.6 Å². The molecule has 0 bridgehead atoms. The molecular weight excluding hydrogens is 246 g/mol. The minimum atomic E-state index is -0.256. The number of hydrogen-bond acceptors (Lipinski definition) is 3. The Kier molecular flexibility index (Phi) is 2.19. The van der Waals surface area contributed by atoms with Crippen LogP contribution >= 0.6 is 15.9 Å². The Morgan fingerprint density at radius 2 is 2.00 bits per heavy atom. The van der Waals surface area contributed by atoms with E-state index in [0.29, 0.717) is 17.2 Å². The lowest BCUT2D eigenvalue weighted by molar-refractivity contribution is -0.113. The number of nitrogens with zero attached hydrogens (tertiary/aromatic N) is 3. The second kappa shape index (κ2) is 3.24. The highest BCUT2D eigenvalue weighted by atomic mass is 79.9. The van der Waals surface area contributed by atoms with E-state index in [9.17, 15) is 4.79 Å². The normalized spacial score (nSPS) is 25.9. The average Bonchev–Trinajstić information content (AvgIpc) is 2.08. The molecule has 1 amide bonds. The number of fused-ring (bicyclic) bond motifs is 1. The van der Waals surface area contributed by atoms with E-state index >= 15 is 0 Å². The minimum absolute atomic E-state index is 0.00834. The number of halogens is 1. The van der Waals surface area contributed by atoms with E-state index in [0.717, 1.165) is 5.71 Å². The van der Waals surface area contributed by atoms with Crippen molar-refractivity contribution >= 4 is 39.2 Å². The van der Waals surface area contributed by atoms with Crippen LogP contribution < -0.4 is 0 Å². The zero-order chi connectivity index (χ0) is 10.3. The molecule has 5 heteroatoms. The second-order valence-electron chi connectivity index (χ2n) is 3.13. The van der Waals surface area contributed by atoms with Crippen molar-refractivity contribution < 1.29 is 4.79 Å². The SMILES string of the molecule is CC1=NC(=O)C2=CC(Br)C(C)=NC2=N1. The number of rotatable bonds is 0. The van der Waals surface area contributed by atoms with Crippen molar-refractivity contribution in [2.75, 3.05) is 0 Å². The van der Waals surface area contributed by atoms with E-state index < -0.39 is 0 Å². The van der Waals surface area contributed by atoms with Crippen LogP contribution in [0.5, 0.6) is 0 Å². The van der Waals surface area contributed by atoms with Crippen molar-refractivity contribution in [1.82, 2.24) is 0 Å². The molecule has 0 spiro atoms. The maximum absolute atomic E-state index is 11.5. The molecule has 0 aromatic rings. The van der Waals surface area contributed by atoms with Gasteiger partial charge in [0, 0.05) is 5.71 Å². The van der Waals surface area contributed by atoms with E-state index in [1.165, 1.54) is 0 Å². The van der Waals surface area contributed by atoms with Gasteiger partial charge in [0.1, 0.15) is 5.84 Å². The Morgan fingerprint density at radius 1 is 1.29 bits per heavy atom. The maximum atomic E-state index is 11.5. The molecule has 2 heterocycles. The van der Waals surface area contributed by atoms with Gasteiger partial charge in [-0.05, 0) is 19.9 Å². The number of carbonyl (C=O) groups excluding carboxylic acids is 1. The average molecular weight is 254 g/mol. The van der Waals surface area contributed by atoms with Gasteiger partial charge in [-0.15, -0.1) is 0 Å². The summed E-state index contributed by atoms with van der Waals surface area (Å²) in [5.74, 6) is 0.690. The molecule has 0 aromatic heterocycles. The molecule has 14 heavy (non-hydrogen) atoms. The first-order valence-corrected chi connectivity index (χ1v) is 5.09. The fraction of sp³-hybridized carbons (Fsp3) is 0.333. The van der Waals surface area contributed by atoms with Crippen LogP contribution in [0, 0.1) is 0 Å². The molecule has 0 fully saturated rings. The highest BCUT2D eigenvalue weighted by Gasteiger charge is 2.25.